The maximum Gasteiger partial charge on any atom is 0.407 e. The van der Waals surface area contributed by atoms with E-state index in [9.17, 15) is 19.2 Å². The summed E-state index contributed by atoms with van der Waals surface area (Å²) in [7, 11) is 1.26. The molecular weight excluding hydrogens is 632 g/mol. The molecule has 2 fully saturated rings. The minimum absolute atomic E-state index is 0.191. The van der Waals surface area contributed by atoms with Crippen molar-refractivity contribution in [3.63, 3.8) is 0 Å². The lowest BCUT2D eigenvalue weighted by atomic mass is 10.1. The molecule has 0 spiro atoms. The zero-order chi connectivity index (χ0) is 34.7. The molecule has 4 aromatic rings. The van der Waals surface area contributed by atoms with E-state index < -0.39 is 24.3 Å². The number of hydrogen-bond donors (Lipinski definition) is 5. The third kappa shape index (κ3) is 7.07. The van der Waals surface area contributed by atoms with Crippen LogP contribution in [0.4, 0.5) is 9.59 Å². The Labute approximate surface area is 281 Å². The van der Waals surface area contributed by atoms with Crippen LogP contribution in [0.25, 0.3) is 33.9 Å². The van der Waals surface area contributed by atoms with E-state index in [0.29, 0.717) is 36.3 Å². The normalized spacial score (nSPS) is 18.6. The van der Waals surface area contributed by atoms with Crippen LogP contribution in [0.15, 0.2) is 49.1 Å². The van der Waals surface area contributed by atoms with Crippen molar-refractivity contribution in [1.82, 2.24) is 50.3 Å². The Morgan fingerprint density at radius 2 is 1.24 bits per heavy atom. The Morgan fingerprint density at radius 3 is 1.76 bits per heavy atom. The fourth-order valence-electron chi connectivity index (χ4n) is 6.39. The van der Waals surface area contributed by atoms with Crippen molar-refractivity contribution in [2.24, 2.45) is 0 Å². The van der Waals surface area contributed by atoms with E-state index in [2.05, 4.69) is 45.3 Å². The third-order valence-electron chi connectivity index (χ3n) is 8.91. The molecule has 16 nitrogen and oxygen atoms in total. The highest BCUT2D eigenvalue weighted by atomic mass is 16.5. The molecular formula is C33H38N10O6. The number of rotatable bonds is 9. The summed E-state index contributed by atoms with van der Waals surface area (Å²) in [5, 5.41) is 13.8. The lowest BCUT2D eigenvalue weighted by Crippen LogP contribution is -2.46. The molecule has 0 radical (unpaired) electrons. The van der Waals surface area contributed by atoms with Gasteiger partial charge < -0.3 is 40.2 Å². The monoisotopic (exact) mass is 670 g/mol. The molecule has 4 amide bonds. The second-order valence-corrected chi connectivity index (χ2v) is 12.1. The average Bonchev–Trinajstić information content (AvgIpc) is 3.94. The number of likely N-dealkylation sites (tertiary alicyclic amines) is 2. The summed E-state index contributed by atoms with van der Waals surface area (Å²) in [4.78, 5) is 76.8. The van der Waals surface area contributed by atoms with Crippen molar-refractivity contribution in [2.75, 3.05) is 20.2 Å². The number of aromatic amines is 2. The molecule has 5 heterocycles. The van der Waals surface area contributed by atoms with Gasteiger partial charge in [-0.3, -0.25) is 9.59 Å². The zero-order valence-electron chi connectivity index (χ0n) is 27.3. The number of H-pyrrole nitrogens is 2. The number of imidazole rings is 2. The number of alkyl carbamates (subject to hydrolysis) is 1. The number of methoxy groups -OCH3 is 1. The number of carbonyl (C=O) groups is 4. The standard InChI is InChI=1S/C33H38N10O6/c1-18(38-32(46)47)30(44)42-12-4-7-26(42)29-37-17-24(41-29)22-14-34-27(35-15-22)21-10-8-20(9-11-21)23-16-36-28(40-23)25-6-5-13-43(25)31(45)19(2)39-33(48)49-3/h8-11,14-19,25-26,38H,4-7,12-13H2,1-3H3,(H,36,40)(H,37,41)(H,39,48)(H,46,47)/t18-,19-,25-,26-/m0/s1. The number of hydrogen-bond acceptors (Lipinski definition) is 9. The quantitative estimate of drug-likeness (QED) is 0.174. The van der Waals surface area contributed by atoms with Crippen LogP contribution in [0.5, 0.6) is 0 Å². The Balaban J connectivity index is 1.10. The molecule has 256 valence electrons. The number of carboxylic acid groups (broad SMARTS) is 1. The van der Waals surface area contributed by atoms with Gasteiger partial charge in [0.05, 0.1) is 43.0 Å². The van der Waals surface area contributed by atoms with Gasteiger partial charge in [-0.1, -0.05) is 24.3 Å². The molecule has 2 aliphatic rings. The summed E-state index contributed by atoms with van der Waals surface area (Å²) in [6.45, 7) is 4.28. The van der Waals surface area contributed by atoms with E-state index in [1.54, 1.807) is 41.5 Å². The number of carbonyl (C=O) groups excluding carboxylic acids is 3. The first kappa shape index (κ1) is 33.1. The van der Waals surface area contributed by atoms with E-state index in [1.165, 1.54) is 14.0 Å². The molecule has 6 rings (SSSR count). The van der Waals surface area contributed by atoms with Crippen LogP contribution in [0.2, 0.25) is 0 Å². The van der Waals surface area contributed by atoms with Gasteiger partial charge >= 0.3 is 12.2 Å². The van der Waals surface area contributed by atoms with Crippen LogP contribution in [-0.4, -0.2) is 101 Å². The highest BCUT2D eigenvalue weighted by Gasteiger charge is 2.36. The van der Waals surface area contributed by atoms with Gasteiger partial charge in [0.1, 0.15) is 23.7 Å². The van der Waals surface area contributed by atoms with Crippen LogP contribution in [0.1, 0.15) is 63.3 Å². The fraction of sp³-hybridized carbons (Fsp3) is 0.394. The molecule has 2 saturated heterocycles. The maximum atomic E-state index is 13.0. The first-order valence-corrected chi connectivity index (χ1v) is 16.1. The zero-order valence-corrected chi connectivity index (χ0v) is 27.3. The topological polar surface area (TPSA) is 211 Å². The largest absolute Gasteiger partial charge is 0.465 e. The number of amides is 4. The Hall–Kier alpha value is -5.80. The fourth-order valence-corrected chi connectivity index (χ4v) is 6.39. The predicted octanol–water partition coefficient (Wildman–Crippen LogP) is 3.65. The highest BCUT2D eigenvalue weighted by Crippen LogP contribution is 2.34. The van der Waals surface area contributed by atoms with Crippen molar-refractivity contribution in [1.29, 1.82) is 0 Å². The summed E-state index contributed by atoms with van der Waals surface area (Å²) in [5.74, 6) is 1.38. The first-order valence-electron chi connectivity index (χ1n) is 16.1. The lowest BCUT2D eigenvalue weighted by molar-refractivity contribution is -0.134. The van der Waals surface area contributed by atoms with Gasteiger partial charge in [0.2, 0.25) is 11.8 Å². The van der Waals surface area contributed by atoms with Gasteiger partial charge in [-0.2, -0.15) is 0 Å². The Kier molecular flexibility index (Phi) is 9.55. The highest BCUT2D eigenvalue weighted by molar-refractivity contribution is 5.86. The Bertz CT molecular complexity index is 1820. The van der Waals surface area contributed by atoms with Crippen molar-refractivity contribution in [2.45, 2.75) is 63.7 Å². The molecule has 0 bridgehead atoms. The van der Waals surface area contributed by atoms with Gasteiger partial charge in [-0.25, -0.2) is 29.5 Å². The molecule has 5 N–H and O–H groups in total. The summed E-state index contributed by atoms with van der Waals surface area (Å²) in [6, 6.07) is 5.69. The van der Waals surface area contributed by atoms with Crippen LogP contribution < -0.4 is 10.6 Å². The molecule has 0 unspecified atom stereocenters. The van der Waals surface area contributed by atoms with Crippen molar-refractivity contribution < 1.29 is 29.0 Å². The van der Waals surface area contributed by atoms with Crippen molar-refractivity contribution in [3.8, 4) is 33.9 Å². The number of benzene rings is 1. The van der Waals surface area contributed by atoms with E-state index >= 15 is 0 Å². The number of nitrogens with one attached hydrogen (secondary N) is 4. The van der Waals surface area contributed by atoms with Crippen LogP contribution >= 0.6 is 0 Å². The van der Waals surface area contributed by atoms with Crippen molar-refractivity contribution in [3.05, 3.63) is 60.7 Å². The summed E-state index contributed by atoms with van der Waals surface area (Å²) in [5.41, 5.74) is 3.98. The molecule has 49 heavy (non-hydrogen) atoms. The first-order chi connectivity index (χ1) is 23.6. The second-order valence-electron chi connectivity index (χ2n) is 12.1. The second kappa shape index (κ2) is 14.1. The van der Waals surface area contributed by atoms with E-state index in [0.717, 1.165) is 48.1 Å². The average molecular weight is 671 g/mol. The summed E-state index contributed by atoms with van der Waals surface area (Å²) >= 11 is 0. The number of aromatic nitrogens is 6. The van der Waals surface area contributed by atoms with Crippen molar-refractivity contribution >= 4 is 24.0 Å². The van der Waals surface area contributed by atoms with Gasteiger partial charge in [0, 0.05) is 36.6 Å². The van der Waals surface area contributed by atoms with E-state index in [4.69, 9.17) is 5.11 Å². The van der Waals surface area contributed by atoms with E-state index in [1.807, 2.05) is 24.3 Å². The lowest BCUT2D eigenvalue weighted by Gasteiger charge is -2.26. The molecule has 4 atom stereocenters. The summed E-state index contributed by atoms with van der Waals surface area (Å²) in [6.07, 6.45) is 8.07. The minimum atomic E-state index is -1.24. The Morgan fingerprint density at radius 1 is 0.755 bits per heavy atom. The minimum Gasteiger partial charge on any atom is -0.465 e. The van der Waals surface area contributed by atoms with Crippen LogP contribution in [-0.2, 0) is 14.3 Å². The van der Waals surface area contributed by atoms with E-state index in [-0.39, 0.29) is 23.9 Å². The molecule has 2 aliphatic heterocycles. The van der Waals surface area contributed by atoms with Crippen LogP contribution in [0, 0.1) is 0 Å². The van der Waals surface area contributed by atoms with Gasteiger partial charge in [-0.15, -0.1) is 0 Å². The molecule has 16 heteroatoms. The third-order valence-corrected chi connectivity index (χ3v) is 8.91. The van der Waals surface area contributed by atoms with Gasteiger partial charge in [0.25, 0.3) is 0 Å². The maximum absolute atomic E-state index is 13.0. The van der Waals surface area contributed by atoms with Crippen LogP contribution in [0.3, 0.4) is 0 Å². The SMILES string of the molecule is COC(=O)N[C@@H](C)C(=O)N1CCC[C@H]1c1ncc(-c2ccc(-c3ncc(-c4cnc([C@@H]5CCCN5C(=O)[C@H](C)NC(=O)O)[nH]4)cn3)cc2)[nH]1. The number of ether oxygens (including phenoxy) is 1. The molecule has 3 aromatic heterocycles. The number of nitrogens with zero attached hydrogens (tertiary/aromatic N) is 6. The van der Waals surface area contributed by atoms with Gasteiger partial charge in [-0.05, 0) is 45.1 Å². The smallest absolute Gasteiger partial charge is 0.407 e. The molecule has 0 aliphatic carbocycles. The predicted molar refractivity (Wildman–Crippen MR) is 176 cm³/mol. The van der Waals surface area contributed by atoms with Gasteiger partial charge in [0.15, 0.2) is 5.82 Å². The summed E-state index contributed by atoms with van der Waals surface area (Å²) < 4.78 is 4.62. The molecule has 0 saturated carbocycles. The molecule has 1 aromatic carbocycles.